The summed E-state index contributed by atoms with van der Waals surface area (Å²) in [5.74, 6) is 0. The first kappa shape index (κ1) is 8.48. The fourth-order valence-corrected chi connectivity index (χ4v) is 1.83. The SMILES string of the molecule is C1CCC(ONC2CCOC2)C1. The molecule has 0 aromatic heterocycles. The first-order valence-electron chi connectivity index (χ1n) is 4.94. The van der Waals surface area contributed by atoms with Crippen molar-refractivity contribution in [3.8, 4) is 0 Å². The smallest absolute Gasteiger partial charge is 0.0790 e. The van der Waals surface area contributed by atoms with Crippen molar-refractivity contribution < 1.29 is 9.57 Å². The Morgan fingerprint density at radius 1 is 1.17 bits per heavy atom. The zero-order valence-corrected chi connectivity index (χ0v) is 7.42. The van der Waals surface area contributed by atoms with E-state index in [0.717, 1.165) is 19.6 Å². The molecule has 1 atom stereocenters. The maximum Gasteiger partial charge on any atom is 0.0790 e. The van der Waals surface area contributed by atoms with Gasteiger partial charge in [-0.3, -0.25) is 4.84 Å². The molecule has 2 aliphatic rings. The summed E-state index contributed by atoms with van der Waals surface area (Å²) in [7, 11) is 0. The zero-order chi connectivity index (χ0) is 8.23. The van der Waals surface area contributed by atoms with E-state index < -0.39 is 0 Å². The molecule has 1 aliphatic carbocycles. The van der Waals surface area contributed by atoms with Crippen LogP contribution >= 0.6 is 0 Å². The number of nitrogens with one attached hydrogen (secondary N) is 1. The number of rotatable bonds is 3. The Hall–Kier alpha value is -0.120. The molecular weight excluding hydrogens is 154 g/mol. The molecule has 3 heteroatoms. The molecule has 0 bridgehead atoms. The van der Waals surface area contributed by atoms with Crippen molar-refractivity contribution in [1.29, 1.82) is 0 Å². The van der Waals surface area contributed by atoms with Crippen LogP contribution in [0.4, 0.5) is 0 Å². The Kier molecular flexibility index (Phi) is 2.98. The average Bonchev–Trinajstić information content (AvgIpc) is 2.74. The Morgan fingerprint density at radius 3 is 2.67 bits per heavy atom. The highest BCUT2D eigenvalue weighted by Gasteiger charge is 2.19. The van der Waals surface area contributed by atoms with Crippen LogP contribution in [0.3, 0.4) is 0 Å². The van der Waals surface area contributed by atoms with Crippen LogP contribution in [0.1, 0.15) is 32.1 Å². The van der Waals surface area contributed by atoms with Gasteiger partial charge in [0.2, 0.25) is 0 Å². The molecule has 1 aliphatic heterocycles. The second kappa shape index (κ2) is 4.21. The van der Waals surface area contributed by atoms with Crippen LogP contribution in [0.15, 0.2) is 0 Å². The van der Waals surface area contributed by atoms with Gasteiger partial charge >= 0.3 is 0 Å². The van der Waals surface area contributed by atoms with E-state index in [9.17, 15) is 0 Å². The highest BCUT2D eigenvalue weighted by atomic mass is 16.7. The van der Waals surface area contributed by atoms with Crippen molar-refractivity contribution in [2.24, 2.45) is 0 Å². The van der Waals surface area contributed by atoms with Gasteiger partial charge in [-0.15, -0.1) is 0 Å². The van der Waals surface area contributed by atoms with E-state index in [0.29, 0.717) is 12.1 Å². The van der Waals surface area contributed by atoms with Crippen LogP contribution in [0.25, 0.3) is 0 Å². The van der Waals surface area contributed by atoms with Crippen molar-refractivity contribution in [2.75, 3.05) is 13.2 Å². The molecule has 1 saturated carbocycles. The molecule has 2 fully saturated rings. The van der Waals surface area contributed by atoms with Crippen LogP contribution in [-0.4, -0.2) is 25.4 Å². The van der Waals surface area contributed by atoms with Crippen molar-refractivity contribution >= 4 is 0 Å². The minimum atomic E-state index is 0.436. The fourth-order valence-electron chi connectivity index (χ4n) is 1.83. The van der Waals surface area contributed by atoms with Gasteiger partial charge in [0.05, 0.1) is 18.8 Å². The van der Waals surface area contributed by atoms with Crippen LogP contribution in [0, 0.1) is 0 Å². The Balaban J connectivity index is 1.60. The van der Waals surface area contributed by atoms with Crippen LogP contribution in [0.5, 0.6) is 0 Å². The second-order valence-electron chi connectivity index (χ2n) is 3.70. The molecule has 0 aromatic rings. The Bertz CT molecular complexity index is 112. The predicted octanol–water partition coefficient (Wildman–Crippen LogP) is 1.24. The Labute approximate surface area is 73.4 Å². The van der Waals surface area contributed by atoms with E-state index in [1.807, 2.05) is 0 Å². The summed E-state index contributed by atoms with van der Waals surface area (Å²) in [4.78, 5) is 5.56. The molecular formula is C9H17NO2. The summed E-state index contributed by atoms with van der Waals surface area (Å²) >= 11 is 0. The van der Waals surface area contributed by atoms with Crippen molar-refractivity contribution in [1.82, 2.24) is 5.48 Å². The molecule has 1 heterocycles. The lowest BCUT2D eigenvalue weighted by molar-refractivity contribution is -0.0408. The standard InChI is InChI=1S/C9H17NO2/c1-2-4-9(3-1)12-10-8-5-6-11-7-8/h8-10H,1-7H2. The van der Waals surface area contributed by atoms with E-state index in [1.54, 1.807) is 0 Å². The van der Waals surface area contributed by atoms with Crippen molar-refractivity contribution in [3.63, 3.8) is 0 Å². The summed E-state index contributed by atoms with van der Waals surface area (Å²) in [6.07, 6.45) is 6.65. The zero-order valence-electron chi connectivity index (χ0n) is 7.42. The van der Waals surface area contributed by atoms with E-state index in [1.165, 1.54) is 25.7 Å². The third-order valence-electron chi connectivity index (χ3n) is 2.63. The summed E-state index contributed by atoms with van der Waals surface area (Å²) < 4.78 is 5.23. The van der Waals surface area contributed by atoms with Gasteiger partial charge in [-0.2, -0.15) is 5.48 Å². The van der Waals surface area contributed by atoms with Crippen molar-refractivity contribution in [3.05, 3.63) is 0 Å². The average molecular weight is 171 g/mol. The topological polar surface area (TPSA) is 30.5 Å². The van der Waals surface area contributed by atoms with Crippen LogP contribution in [-0.2, 0) is 9.57 Å². The Morgan fingerprint density at radius 2 is 2.00 bits per heavy atom. The lowest BCUT2D eigenvalue weighted by Crippen LogP contribution is -2.32. The summed E-state index contributed by atoms with van der Waals surface area (Å²) in [5.41, 5.74) is 3.10. The quantitative estimate of drug-likeness (QED) is 0.648. The van der Waals surface area contributed by atoms with Gasteiger partial charge in [0.25, 0.3) is 0 Å². The molecule has 0 amide bonds. The van der Waals surface area contributed by atoms with Crippen LogP contribution < -0.4 is 5.48 Å². The van der Waals surface area contributed by atoms with Gasteiger partial charge in [-0.1, -0.05) is 12.8 Å². The number of hydrogen-bond acceptors (Lipinski definition) is 3. The largest absolute Gasteiger partial charge is 0.380 e. The van der Waals surface area contributed by atoms with Crippen LogP contribution in [0.2, 0.25) is 0 Å². The minimum absolute atomic E-state index is 0.436. The van der Waals surface area contributed by atoms with Crippen molar-refractivity contribution in [2.45, 2.75) is 44.2 Å². The fraction of sp³-hybridized carbons (Fsp3) is 1.00. The third-order valence-corrected chi connectivity index (χ3v) is 2.63. The monoisotopic (exact) mass is 171 g/mol. The molecule has 0 aromatic carbocycles. The summed E-state index contributed by atoms with van der Waals surface area (Å²) in [6, 6.07) is 0.436. The maximum atomic E-state index is 5.56. The number of hydroxylamine groups is 1. The van der Waals surface area contributed by atoms with Gasteiger partial charge in [0.1, 0.15) is 0 Å². The van der Waals surface area contributed by atoms with E-state index in [4.69, 9.17) is 9.57 Å². The predicted molar refractivity (Wildman–Crippen MR) is 45.7 cm³/mol. The second-order valence-corrected chi connectivity index (χ2v) is 3.70. The lowest BCUT2D eigenvalue weighted by Gasteiger charge is -2.15. The molecule has 3 nitrogen and oxygen atoms in total. The van der Waals surface area contributed by atoms with Gasteiger partial charge in [-0.05, 0) is 19.3 Å². The molecule has 0 radical (unpaired) electrons. The number of ether oxygens (including phenoxy) is 1. The normalized spacial score (nSPS) is 31.5. The molecule has 1 N–H and O–H groups in total. The van der Waals surface area contributed by atoms with Gasteiger partial charge < -0.3 is 4.74 Å². The van der Waals surface area contributed by atoms with Gasteiger partial charge in [-0.25, -0.2) is 0 Å². The summed E-state index contributed by atoms with van der Waals surface area (Å²) in [5, 5.41) is 0. The first-order chi connectivity index (χ1) is 5.95. The molecule has 1 unspecified atom stereocenters. The van der Waals surface area contributed by atoms with E-state index in [-0.39, 0.29) is 0 Å². The van der Waals surface area contributed by atoms with Gasteiger partial charge in [0.15, 0.2) is 0 Å². The highest BCUT2D eigenvalue weighted by Crippen LogP contribution is 2.20. The summed E-state index contributed by atoms with van der Waals surface area (Å²) in [6.45, 7) is 1.69. The van der Waals surface area contributed by atoms with Gasteiger partial charge in [0, 0.05) is 6.61 Å². The van der Waals surface area contributed by atoms with E-state index in [2.05, 4.69) is 5.48 Å². The number of hydrogen-bond donors (Lipinski definition) is 1. The molecule has 0 spiro atoms. The molecule has 1 saturated heterocycles. The lowest BCUT2D eigenvalue weighted by atomic mass is 10.3. The molecule has 2 rings (SSSR count). The molecule has 12 heavy (non-hydrogen) atoms. The highest BCUT2D eigenvalue weighted by molar-refractivity contribution is 4.69. The molecule has 70 valence electrons. The van der Waals surface area contributed by atoms with E-state index >= 15 is 0 Å². The third kappa shape index (κ3) is 2.19. The first-order valence-corrected chi connectivity index (χ1v) is 4.94. The maximum absolute atomic E-state index is 5.56. The minimum Gasteiger partial charge on any atom is -0.380 e.